The van der Waals surface area contributed by atoms with Gasteiger partial charge in [-0.25, -0.2) is 0 Å². The number of carbonyl (C=O) groups is 2. The standard InChI is InChI=1S/C27H27NO8/c1-34-16-8-9-17(22(13-16)35-2)26-24(31)23(30)18-10-11-21(29)19(25(18)36-26)14-28-20(27(32)33)12-15-6-4-3-5-7-15/h3-11,13,20,24,26,28-29,31H,12,14H2,1-2H3,(H,32,33). The summed E-state index contributed by atoms with van der Waals surface area (Å²) in [6.07, 6.45) is -2.42. The van der Waals surface area contributed by atoms with Crippen LogP contribution in [-0.2, 0) is 17.8 Å². The molecule has 0 saturated heterocycles. The molecule has 4 N–H and O–H groups in total. The number of methoxy groups -OCH3 is 2. The Balaban J connectivity index is 1.65. The summed E-state index contributed by atoms with van der Waals surface area (Å²) < 4.78 is 16.7. The molecule has 188 valence electrons. The fourth-order valence-corrected chi connectivity index (χ4v) is 4.21. The van der Waals surface area contributed by atoms with Crippen LogP contribution in [-0.4, -0.2) is 53.4 Å². The van der Waals surface area contributed by atoms with Gasteiger partial charge in [-0.2, -0.15) is 0 Å². The van der Waals surface area contributed by atoms with Crippen molar-refractivity contribution in [2.45, 2.75) is 31.2 Å². The number of rotatable bonds is 9. The zero-order valence-electron chi connectivity index (χ0n) is 19.8. The lowest BCUT2D eigenvalue weighted by Gasteiger charge is -2.32. The van der Waals surface area contributed by atoms with Gasteiger partial charge >= 0.3 is 5.97 Å². The number of phenols is 1. The summed E-state index contributed by atoms with van der Waals surface area (Å²) in [5, 5.41) is 34.0. The number of aliphatic hydroxyl groups excluding tert-OH is 1. The number of ketones is 1. The summed E-state index contributed by atoms with van der Waals surface area (Å²) in [7, 11) is 2.95. The van der Waals surface area contributed by atoms with Crippen LogP contribution in [0.4, 0.5) is 0 Å². The highest BCUT2D eigenvalue weighted by Gasteiger charge is 2.40. The van der Waals surface area contributed by atoms with E-state index in [4.69, 9.17) is 14.2 Å². The molecule has 3 atom stereocenters. The van der Waals surface area contributed by atoms with Crippen LogP contribution in [0, 0.1) is 0 Å². The summed E-state index contributed by atoms with van der Waals surface area (Å²) in [4.78, 5) is 25.0. The summed E-state index contributed by atoms with van der Waals surface area (Å²) in [5.41, 5.74) is 1.55. The highest BCUT2D eigenvalue weighted by molar-refractivity contribution is 6.04. The number of fused-ring (bicyclic) bond motifs is 1. The van der Waals surface area contributed by atoms with E-state index in [0.717, 1.165) is 5.56 Å². The van der Waals surface area contributed by atoms with Crippen LogP contribution in [0.15, 0.2) is 60.7 Å². The smallest absolute Gasteiger partial charge is 0.321 e. The monoisotopic (exact) mass is 493 g/mol. The van der Waals surface area contributed by atoms with Crippen LogP contribution in [0.1, 0.15) is 33.2 Å². The molecule has 1 heterocycles. The van der Waals surface area contributed by atoms with E-state index in [-0.39, 0.29) is 35.6 Å². The second-order valence-electron chi connectivity index (χ2n) is 8.36. The minimum atomic E-state index is -1.52. The quantitative estimate of drug-likeness (QED) is 0.355. The molecule has 4 rings (SSSR count). The first kappa shape index (κ1) is 25.0. The molecular weight excluding hydrogens is 466 g/mol. The van der Waals surface area contributed by atoms with Crippen molar-refractivity contribution >= 4 is 11.8 Å². The molecule has 0 fully saturated rings. The first-order chi connectivity index (χ1) is 17.3. The van der Waals surface area contributed by atoms with Crippen molar-refractivity contribution in [3.63, 3.8) is 0 Å². The molecule has 9 heteroatoms. The predicted molar refractivity (Wildman–Crippen MR) is 130 cm³/mol. The molecule has 0 bridgehead atoms. The number of aromatic hydroxyl groups is 1. The Morgan fingerprint density at radius 3 is 2.50 bits per heavy atom. The molecule has 1 aliphatic rings. The van der Waals surface area contributed by atoms with Crippen LogP contribution in [0.5, 0.6) is 23.0 Å². The number of carboxylic acid groups (broad SMARTS) is 1. The zero-order chi connectivity index (χ0) is 25.8. The van der Waals surface area contributed by atoms with E-state index in [0.29, 0.717) is 17.1 Å². The molecule has 0 spiro atoms. The second kappa shape index (κ2) is 10.7. The van der Waals surface area contributed by atoms with Crippen molar-refractivity contribution in [2.24, 2.45) is 0 Å². The Hall–Kier alpha value is -4.08. The van der Waals surface area contributed by atoms with Crippen LogP contribution in [0.25, 0.3) is 0 Å². The highest BCUT2D eigenvalue weighted by Crippen LogP contribution is 2.43. The van der Waals surface area contributed by atoms with Crippen molar-refractivity contribution in [3.05, 3.63) is 82.9 Å². The molecule has 9 nitrogen and oxygen atoms in total. The lowest BCUT2D eigenvalue weighted by atomic mass is 9.91. The molecule has 3 aromatic rings. The van der Waals surface area contributed by atoms with E-state index in [2.05, 4.69) is 5.32 Å². The number of hydrogen-bond acceptors (Lipinski definition) is 8. The third-order valence-corrected chi connectivity index (χ3v) is 6.15. The van der Waals surface area contributed by atoms with E-state index < -0.39 is 30.0 Å². The van der Waals surface area contributed by atoms with Gasteiger partial charge in [0.25, 0.3) is 0 Å². The van der Waals surface area contributed by atoms with Crippen LogP contribution in [0.3, 0.4) is 0 Å². The number of Topliss-reactive ketones (excluding diaryl/α,β-unsaturated/α-hetero) is 1. The first-order valence-corrected chi connectivity index (χ1v) is 11.3. The SMILES string of the molecule is COc1ccc(C2Oc3c(ccc(O)c3CNC(Cc3ccccc3)C(=O)O)C(=O)C2O)c(OC)c1. The van der Waals surface area contributed by atoms with Gasteiger partial charge in [0.15, 0.2) is 18.0 Å². The largest absolute Gasteiger partial charge is 0.507 e. The third-order valence-electron chi connectivity index (χ3n) is 6.15. The molecule has 0 saturated carbocycles. The van der Waals surface area contributed by atoms with Gasteiger partial charge < -0.3 is 29.5 Å². The maximum atomic E-state index is 13.1. The number of carbonyl (C=O) groups excluding carboxylic acids is 1. The maximum absolute atomic E-state index is 13.1. The lowest BCUT2D eigenvalue weighted by molar-refractivity contribution is -0.139. The Labute approximate surface area is 207 Å². The van der Waals surface area contributed by atoms with Crippen molar-refractivity contribution in [2.75, 3.05) is 14.2 Å². The summed E-state index contributed by atoms with van der Waals surface area (Å²) in [6.45, 7) is -0.0886. The van der Waals surface area contributed by atoms with Crippen molar-refractivity contribution in [1.82, 2.24) is 5.32 Å². The van der Waals surface area contributed by atoms with E-state index in [1.807, 2.05) is 30.3 Å². The number of carboxylic acids is 1. The molecule has 0 aliphatic carbocycles. The van der Waals surface area contributed by atoms with Crippen molar-refractivity contribution in [1.29, 1.82) is 0 Å². The predicted octanol–water partition coefficient (Wildman–Crippen LogP) is 2.87. The number of phenolic OH excluding ortho intramolecular Hbond substituents is 1. The Kier molecular flexibility index (Phi) is 7.42. The number of aliphatic carboxylic acids is 1. The first-order valence-electron chi connectivity index (χ1n) is 11.3. The highest BCUT2D eigenvalue weighted by atomic mass is 16.5. The molecule has 1 aliphatic heterocycles. The fourth-order valence-electron chi connectivity index (χ4n) is 4.21. The van der Waals surface area contributed by atoms with Gasteiger partial charge in [0, 0.05) is 18.2 Å². The minimum absolute atomic E-state index is 0.0736. The Morgan fingerprint density at radius 1 is 1.08 bits per heavy atom. The van der Waals surface area contributed by atoms with E-state index >= 15 is 0 Å². The summed E-state index contributed by atoms with van der Waals surface area (Å²) in [5.74, 6) is -0.869. The average molecular weight is 494 g/mol. The molecule has 0 radical (unpaired) electrons. The minimum Gasteiger partial charge on any atom is -0.507 e. The zero-order valence-corrected chi connectivity index (χ0v) is 19.8. The van der Waals surface area contributed by atoms with Crippen LogP contribution >= 0.6 is 0 Å². The van der Waals surface area contributed by atoms with Crippen LogP contribution < -0.4 is 19.5 Å². The van der Waals surface area contributed by atoms with E-state index in [9.17, 15) is 24.9 Å². The van der Waals surface area contributed by atoms with E-state index in [1.54, 1.807) is 18.2 Å². The second-order valence-corrected chi connectivity index (χ2v) is 8.36. The molecular formula is C27H27NO8. The summed E-state index contributed by atoms with van der Waals surface area (Å²) in [6, 6.07) is 15.8. The Morgan fingerprint density at radius 2 is 1.83 bits per heavy atom. The number of aliphatic hydroxyl groups is 1. The Bertz CT molecular complexity index is 1260. The summed E-state index contributed by atoms with van der Waals surface area (Å²) >= 11 is 0. The fraction of sp³-hybridized carbons (Fsp3) is 0.259. The van der Waals surface area contributed by atoms with Gasteiger partial charge in [-0.15, -0.1) is 0 Å². The van der Waals surface area contributed by atoms with Crippen LogP contribution in [0.2, 0.25) is 0 Å². The van der Waals surface area contributed by atoms with Gasteiger partial charge in [0.1, 0.15) is 29.0 Å². The van der Waals surface area contributed by atoms with Gasteiger partial charge in [0.05, 0.1) is 25.3 Å². The molecule has 36 heavy (non-hydrogen) atoms. The number of hydrogen-bond donors (Lipinski definition) is 4. The average Bonchev–Trinajstić information content (AvgIpc) is 2.89. The van der Waals surface area contributed by atoms with Crippen molar-refractivity contribution < 1.29 is 39.1 Å². The number of nitrogens with one attached hydrogen (secondary N) is 1. The van der Waals surface area contributed by atoms with Crippen molar-refractivity contribution in [3.8, 4) is 23.0 Å². The number of benzene rings is 3. The molecule has 0 aromatic heterocycles. The maximum Gasteiger partial charge on any atom is 0.321 e. The molecule has 0 amide bonds. The van der Waals surface area contributed by atoms with Gasteiger partial charge in [0.2, 0.25) is 0 Å². The van der Waals surface area contributed by atoms with Gasteiger partial charge in [-0.1, -0.05) is 30.3 Å². The molecule has 3 aromatic carbocycles. The molecule has 3 unspecified atom stereocenters. The van der Waals surface area contributed by atoms with Gasteiger partial charge in [-0.3, -0.25) is 14.9 Å². The normalized spacial score (nSPS) is 17.6. The van der Waals surface area contributed by atoms with Gasteiger partial charge in [-0.05, 0) is 36.2 Å². The topological polar surface area (TPSA) is 135 Å². The van der Waals surface area contributed by atoms with E-state index in [1.165, 1.54) is 26.4 Å². The third kappa shape index (κ3) is 4.98. The lowest BCUT2D eigenvalue weighted by Crippen LogP contribution is -2.39. The number of ether oxygens (including phenoxy) is 3.